The van der Waals surface area contributed by atoms with Gasteiger partial charge in [0.05, 0.1) is 0 Å². The van der Waals surface area contributed by atoms with Gasteiger partial charge in [0.25, 0.3) is 0 Å². The topological polar surface area (TPSA) is 29.3 Å². The van der Waals surface area contributed by atoms with E-state index in [9.17, 15) is 0 Å². The summed E-state index contributed by atoms with van der Waals surface area (Å²) in [4.78, 5) is 2.47. The molecule has 1 aliphatic rings. The Bertz CT molecular complexity index is 351. The summed E-state index contributed by atoms with van der Waals surface area (Å²) in [6.45, 7) is 2.87. The maximum absolute atomic E-state index is 6.27. The molecule has 1 atom stereocenters. The van der Waals surface area contributed by atoms with E-state index in [-0.39, 0.29) is 6.04 Å². The second-order valence-corrected chi connectivity index (χ2v) is 5.91. The van der Waals surface area contributed by atoms with E-state index in [1.807, 2.05) is 30.0 Å². The fraction of sp³-hybridized carbons (Fsp3) is 0.538. The van der Waals surface area contributed by atoms with Crippen molar-refractivity contribution in [1.29, 1.82) is 0 Å². The summed E-state index contributed by atoms with van der Waals surface area (Å²) in [7, 11) is 0. The minimum Gasteiger partial charge on any atom is -0.329 e. The quantitative estimate of drug-likeness (QED) is 0.916. The predicted octanol–water partition coefficient (Wildman–Crippen LogP) is 2.78. The van der Waals surface area contributed by atoms with Gasteiger partial charge in [-0.15, -0.1) is 0 Å². The molecule has 2 nitrogen and oxygen atoms in total. The fourth-order valence-electron chi connectivity index (χ4n) is 2.30. The zero-order valence-electron chi connectivity index (χ0n) is 9.94. The van der Waals surface area contributed by atoms with Gasteiger partial charge in [0.2, 0.25) is 0 Å². The normalized spacial score (nSPS) is 19.9. The van der Waals surface area contributed by atoms with Gasteiger partial charge in [-0.25, -0.2) is 0 Å². The maximum Gasteiger partial charge on any atom is 0.0485 e. The lowest BCUT2D eigenvalue weighted by molar-refractivity contribution is 0.218. The Morgan fingerprint density at radius 2 is 2.12 bits per heavy atom. The molecular weight excluding hydrogens is 252 g/mol. The minimum absolute atomic E-state index is 0.266. The smallest absolute Gasteiger partial charge is 0.0485 e. The lowest BCUT2D eigenvalue weighted by Crippen LogP contribution is -2.35. The van der Waals surface area contributed by atoms with E-state index in [2.05, 4.69) is 11.0 Å². The Morgan fingerprint density at radius 1 is 1.29 bits per heavy atom. The molecule has 1 heterocycles. The predicted molar refractivity (Wildman–Crippen MR) is 76.8 cm³/mol. The van der Waals surface area contributed by atoms with Crippen molar-refractivity contribution in [3.8, 4) is 0 Å². The molecule has 4 heteroatoms. The van der Waals surface area contributed by atoms with Gasteiger partial charge in [0.15, 0.2) is 0 Å². The van der Waals surface area contributed by atoms with Crippen LogP contribution in [0.1, 0.15) is 18.0 Å². The molecule has 17 heavy (non-hydrogen) atoms. The number of benzene rings is 1. The Kier molecular flexibility index (Phi) is 5.16. The van der Waals surface area contributed by atoms with Gasteiger partial charge in [-0.05, 0) is 30.3 Å². The molecule has 0 aromatic heterocycles. The van der Waals surface area contributed by atoms with Crippen LogP contribution in [0.25, 0.3) is 0 Å². The highest BCUT2D eigenvalue weighted by molar-refractivity contribution is 7.99. The first-order valence-electron chi connectivity index (χ1n) is 6.09. The lowest BCUT2D eigenvalue weighted by atomic mass is 10.0. The number of rotatable bonds is 3. The summed E-state index contributed by atoms with van der Waals surface area (Å²) < 4.78 is 0. The van der Waals surface area contributed by atoms with E-state index >= 15 is 0 Å². The SMILES string of the molecule is NCC(c1ccccc1Cl)N1CCCSCC1. The number of nitrogens with zero attached hydrogens (tertiary/aromatic N) is 1. The van der Waals surface area contributed by atoms with Crippen molar-refractivity contribution < 1.29 is 0 Å². The third-order valence-corrected chi connectivity index (χ3v) is 4.58. The molecule has 1 saturated heterocycles. The van der Waals surface area contributed by atoms with E-state index < -0.39 is 0 Å². The summed E-state index contributed by atoms with van der Waals surface area (Å²) >= 11 is 8.30. The van der Waals surface area contributed by atoms with E-state index in [4.69, 9.17) is 17.3 Å². The van der Waals surface area contributed by atoms with Crippen molar-refractivity contribution in [1.82, 2.24) is 4.90 Å². The molecule has 0 saturated carbocycles. The second kappa shape index (κ2) is 6.64. The second-order valence-electron chi connectivity index (χ2n) is 4.27. The van der Waals surface area contributed by atoms with Crippen LogP contribution in [-0.4, -0.2) is 36.0 Å². The fourth-order valence-corrected chi connectivity index (χ4v) is 3.46. The van der Waals surface area contributed by atoms with Crippen molar-refractivity contribution in [2.75, 3.05) is 31.1 Å². The van der Waals surface area contributed by atoms with Gasteiger partial charge in [-0.2, -0.15) is 11.8 Å². The molecule has 1 aromatic carbocycles. The van der Waals surface area contributed by atoms with Crippen LogP contribution >= 0.6 is 23.4 Å². The van der Waals surface area contributed by atoms with E-state index in [0.29, 0.717) is 6.54 Å². The first kappa shape index (κ1) is 13.2. The molecule has 94 valence electrons. The van der Waals surface area contributed by atoms with Gasteiger partial charge < -0.3 is 5.73 Å². The lowest BCUT2D eigenvalue weighted by Gasteiger charge is -2.30. The van der Waals surface area contributed by atoms with Crippen molar-refractivity contribution in [2.24, 2.45) is 5.73 Å². The molecule has 0 amide bonds. The zero-order valence-corrected chi connectivity index (χ0v) is 11.5. The summed E-state index contributed by atoms with van der Waals surface area (Å²) in [6.07, 6.45) is 1.24. The van der Waals surface area contributed by atoms with Crippen LogP contribution < -0.4 is 5.73 Å². The third kappa shape index (κ3) is 3.38. The molecule has 1 aliphatic heterocycles. The molecule has 1 aromatic rings. The molecule has 2 N–H and O–H groups in total. The molecule has 0 aliphatic carbocycles. The van der Waals surface area contributed by atoms with Gasteiger partial charge in [0.1, 0.15) is 0 Å². The summed E-state index contributed by atoms with van der Waals surface area (Å²) in [5, 5.41) is 0.833. The van der Waals surface area contributed by atoms with Crippen molar-refractivity contribution >= 4 is 23.4 Å². The van der Waals surface area contributed by atoms with E-state index in [1.165, 1.54) is 23.5 Å². The van der Waals surface area contributed by atoms with Crippen LogP contribution in [0.3, 0.4) is 0 Å². The average molecular weight is 271 g/mol. The summed E-state index contributed by atoms with van der Waals surface area (Å²) in [6, 6.07) is 8.32. The molecule has 1 unspecified atom stereocenters. The summed E-state index contributed by atoms with van der Waals surface area (Å²) in [5.41, 5.74) is 7.12. The van der Waals surface area contributed by atoms with Crippen LogP contribution in [0.15, 0.2) is 24.3 Å². The Morgan fingerprint density at radius 3 is 2.88 bits per heavy atom. The van der Waals surface area contributed by atoms with Crippen molar-refractivity contribution in [3.05, 3.63) is 34.9 Å². The van der Waals surface area contributed by atoms with Crippen LogP contribution in [0.4, 0.5) is 0 Å². The van der Waals surface area contributed by atoms with Crippen LogP contribution in [0.2, 0.25) is 5.02 Å². The van der Waals surface area contributed by atoms with Gasteiger partial charge in [-0.1, -0.05) is 29.8 Å². The largest absolute Gasteiger partial charge is 0.329 e. The number of halogens is 1. The first-order valence-corrected chi connectivity index (χ1v) is 7.62. The third-order valence-electron chi connectivity index (χ3n) is 3.19. The van der Waals surface area contributed by atoms with Crippen LogP contribution in [0, 0.1) is 0 Å². The molecule has 1 fully saturated rings. The highest BCUT2D eigenvalue weighted by atomic mass is 35.5. The highest BCUT2D eigenvalue weighted by Crippen LogP contribution is 2.28. The van der Waals surface area contributed by atoms with E-state index in [1.54, 1.807) is 0 Å². The summed E-state index contributed by atoms with van der Waals surface area (Å²) in [5.74, 6) is 2.46. The number of nitrogens with two attached hydrogens (primary N) is 1. The molecule has 0 radical (unpaired) electrons. The van der Waals surface area contributed by atoms with Crippen LogP contribution in [-0.2, 0) is 0 Å². The minimum atomic E-state index is 0.266. The Labute approximate surface area is 113 Å². The van der Waals surface area contributed by atoms with Crippen molar-refractivity contribution in [2.45, 2.75) is 12.5 Å². The van der Waals surface area contributed by atoms with Gasteiger partial charge >= 0.3 is 0 Å². The maximum atomic E-state index is 6.27. The first-order chi connectivity index (χ1) is 8.33. The number of hydrogen-bond donors (Lipinski definition) is 1. The Balaban J connectivity index is 2.17. The zero-order chi connectivity index (χ0) is 12.1. The number of thioether (sulfide) groups is 1. The molecule has 0 spiro atoms. The molecule has 0 bridgehead atoms. The molecular formula is C13H19ClN2S. The highest BCUT2D eigenvalue weighted by Gasteiger charge is 2.21. The average Bonchev–Trinajstić information content (AvgIpc) is 2.62. The standard InChI is InChI=1S/C13H19ClN2S/c14-12-5-2-1-4-11(12)13(10-15)16-6-3-8-17-9-7-16/h1-2,4-5,13H,3,6-10,15H2. The van der Waals surface area contributed by atoms with E-state index in [0.717, 1.165) is 18.1 Å². The monoisotopic (exact) mass is 270 g/mol. The Hall–Kier alpha value is -0.220. The molecule has 2 rings (SSSR count). The van der Waals surface area contributed by atoms with Gasteiger partial charge in [-0.3, -0.25) is 4.90 Å². The van der Waals surface area contributed by atoms with Crippen LogP contribution in [0.5, 0.6) is 0 Å². The number of hydrogen-bond acceptors (Lipinski definition) is 3. The van der Waals surface area contributed by atoms with Crippen molar-refractivity contribution in [3.63, 3.8) is 0 Å². The van der Waals surface area contributed by atoms with Gasteiger partial charge in [0, 0.05) is 29.9 Å².